The van der Waals surface area contributed by atoms with Gasteiger partial charge in [0.15, 0.2) is 13.2 Å². The fourth-order valence-corrected chi connectivity index (χ4v) is 11.3. The van der Waals surface area contributed by atoms with E-state index in [1.54, 1.807) is 66.5 Å². The fraction of sp³-hybridized carbons (Fsp3) is 0.759. The highest BCUT2D eigenvalue weighted by atomic mass is 31.2. The molecule has 0 aromatic rings. The molecule has 2 N–H and O–H groups in total. The second-order valence-electron chi connectivity index (χ2n) is 21.2. The first-order valence-corrected chi connectivity index (χ1v) is 28.0. The molecule has 1 saturated carbocycles. The SMILES string of the molecule is C=C/C=C/C=C(\C)[C@H](C[C@@H]1CC[C@@H](C)[C@](O)(C(=O)C(=O)N2CCCC[C@H]2C(=O)O[C@@H](CC(=O)C(C)/C=C(\C)[C@@H](O)[C@@H](OC)C(=O)[C@H](C)CC(C)C)C(C)C[C@@H]2CC[C@@H](OP(C)(C)=O)C(OC)C2)O1)OC. The molecule has 1 aliphatic carbocycles. The number of aliphatic hydroxyl groups excluding tert-OH is 1. The fourth-order valence-electron chi connectivity index (χ4n) is 10.4. The van der Waals surface area contributed by atoms with E-state index in [4.69, 9.17) is 28.2 Å². The minimum Gasteiger partial charge on any atom is -0.460 e. The summed E-state index contributed by atoms with van der Waals surface area (Å²) in [5.41, 5.74) is 1.29. The molecule has 2 heterocycles. The number of rotatable bonds is 27. The summed E-state index contributed by atoms with van der Waals surface area (Å²) in [6.07, 6.45) is 9.22. The molecular weight excluding hydrogens is 918 g/mol. The number of likely N-dealkylation sites (tertiary alicyclic amines) is 1. The van der Waals surface area contributed by atoms with Crippen LogP contribution in [0.1, 0.15) is 132 Å². The standard InChI is InChI=1S/C54H88NO14P/c1-15-16-17-20-34(4)45(64-10)31-41-24-22-39(9)54(62,68-41)51(59)52(60)55-26-19-18-21-42(55)53(61)67-46(36(6)29-40-23-25-44(47(30-40)65-11)69-70(13,14)63)32-43(56)35(5)28-38(8)49(58)50(66-12)48(57)37(7)27-33(2)3/h15-17,20,28,33,35-37,39-42,44-47,49-50,58,62H,1,18-19,21-27,29-32H2,2-14H3/b17-16+,34-20+,38-28+/t35?,36?,37-,39-,40+,41+,42+,44-,45+,46+,47?,49-,50+,54-/m1/s1. The zero-order valence-electron chi connectivity index (χ0n) is 44.6. The normalized spacial score (nSPS) is 28.1. The molecule has 3 unspecified atom stereocenters. The number of hydrogen-bond acceptors (Lipinski definition) is 14. The predicted molar refractivity (Wildman–Crippen MR) is 270 cm³/mol. The van der Waals surface area contributed by atoms with Crippen LogP contribution in [0.5, 0.6) is 0 Å². The number of esters is 1. The molecule has 2 saturated heterocycles. The van der Waals surface area contributed by atoms with Crippen LogP contribution in [0.25, 0.3) is 0 Å². The summed E-state index contributed by atoms with van der Waals surface area (Å²) in [6.45, 7) is 21.6. The van der Waals surface area contributed by atoms with E-state index >= 15 is 0 Å². The van der Waals surface area contributed by atoms with Crippen molar-refractivity contribution in [3.63, 3.8) is 0 Å². The van der Waals surface area contributed by atoms with E-state index in [2.05, 4.69) is 6.58 Å². The molecule has 3 rings (SSSR count). The second-order valence-corrected chi connectivity index (χ2v) is 23.9. The average molecular weight is 1010 g/mol. The van der Waals surface area contributed by atoms with Gasteiger partial charge in [-0.3, -0.25) is 23.7 Å². The van der Waals surface area contributed by atoms with E-state index in [1.807, 2.05) is 46.8 Å². The summed E-state index contributed by atoms with van der Waals surface area (Å²) in [7, 11) is 1.75. The third-order valence-electron chi connectivity index (χ3n) is 14.5. The van der Waals surface area contributed by atoms with Crippen molar-refractivity contribution in [2.24, 2.45) is 35.5 Å². The molecule has 0 aromatic carbocycles. The summed E-state index contributed by atoms with van der Waals surface area (Å²) < 4.78 is 48.0. The van der Waals surface area contributed by atoms with E-state index < -0.39 is 73.1 Å². The van der Waals surface area contributed by atoms with Crippen LogP contribution in [0.4, 0.5) is 0 Å². The van der Waals surface area contributed by atoms with Gasteiger partial charge in [-0.1, -0.05) is 78.5 Å². The Balaban J connectivity index is 1.89. The number of hydrogen-bond donors (Lipinski definition) is 2. The number of piperidine rings is 1. The maximum atomic E-state index is 14.5. The predicted octanol–water partition coefficient (Wildman–Crippen LogP) is 8.38. The number of amides is 1. The largest absolute Gasteiger partial charge is 0.460 e. The summed E-state index contributed by atoms with van der Waals surface area (Å²) in [4.78, 5) is 71.7. The molecule has 0 bridgehead atoms. The van der Waals surface area contributed by atoms with Crippen molar-refractivity contribution in [3.05, 3.63) is 48.1 Å². The van der Waals surface area contributed by atoms with Gasteiger partial charge in [0.2, 0.25) is 5.79 Å². The highest BCUT2D eigenvalue weighted by molar-refractivity contribution is 7.57. The number of carbonyl (C=O) groups is 5. The van der Waals surface area contributed by atoms with E-state index in [9.17, 15) is 38.8 Å². The summed E-state index contributed by atoms with van der Waals surface area (Å²) in [5.74, 6) is -7.74. The Hall–Kier alpha value is -3.14. The molecule has 3 fully saturated rings. The zero-order chi connectivity index (χ0) is 52.7. The smallest absolute Gasteiger partial charge is 0.329 e. The maximum absolute atomic E-state index is 14.5. The zero-order valence-corrected chi connectivity index (χ0v) is 45.5. The number of ketones is 3. The first-order valence-electron chi connectivity index (χ1n) is 25.5. The van der Waals surface area contributed by atoms with Crippen molar-refractivity contribution in [1.82, 2.24) is 4.90 Å². The van der Waals surface area contributed by atoms with Crippen LogP contribution in [0.15, 0.2) is 48.1 Å². The minimum atomic E-state index is -2.79. The highest BCUT2D eigenvalue weighted by Crippen LogP contribution is 2.45. The lowest BCUT2D eigenvalue weighted by Crippen LogP contribution is -2.61. The lowest BCUT2D eigenvalue weighted by atomic mass is 9.78. The Morgan fingerprint density at radius 1 is 0.900 bits per heavy atom. The van der Waals surface area contributed by atoms with Gasteiger partial charge in [-0.05, 0) is 107 Å². The number of allylic oxidation sites excluding steroid dienone is 5. The number of aliphatic hydroxyl groups is 2. The number of ether oxygens (including phenoxy) is 5. The Bertz CT molecular complexity index is 1910. The lowest BCUT2D eigenvalue weighted by Gasteiger charge is -2.42. The Morgan fingerprint density at radius 3 is 2.19 bits per heavy atom. The van der Waals surface area contributed by atoms with Crippen molar-refractivity contribution >= 4 is 36.6 Å². The molecule has 16 heteroatoms. The topological polar surface area (TPSA) is 201 Å². The van der Waals surface area contributed by atoms with E-state index in [0.717, 1.165) is 12.0 Å². The van der Waals surface area contributed by atoms with Gasteiger partial charge < -0.3 is 43.3 Å². The molecule has 0 aromatic heterocycles. The molecule has 70 heavy (non-hydrogen) atoms. The van der Waals surface area contributed by atoms with Crippen molar-refractivity contribution < 1.29 is 67.0 Å². The number of methoxy groups -OCH3 is 3. The quantitative estimate of drug-likeness (QED) is 0.0261. The van der Waals surface area contributed by atoms with Crippen LogP contribution >= 0.6 is 7.37 Å². The van der Waals surface area contributed by atoms with Gasteiger partial charge in [0.05, 0.1) is 24.4 Å². The summed E-state index contributed by atoms with van der Waals surface area (Å²) >= 11 is 0. The number of nitrogens with zero attached hydrogens (tertiary/aromatic N) is 1. The highest BCUT2D eigenvalue weighted by Gasteiger charge is 2.53. The molecule has 398 valence electrons. The first-order chi connectivity index (χ1) is 32.8. The van der Waals surface area contributed by atoms with Gasteiger partial charge in [-0.2, -0.15) is 0 Å². The van der Waals surface area contributed by atoms with Crippen molar-refractivity contribution in [3.8, 4) is 0 Å². The van der Waals surface area contributed by atoms with E-state index in [-0.39, 0.29) is 72.9 Å². The van der Waals surface area contributed by atoms with Gasteiger partial charge in [-0.15, -0.1) is 0 Å². The van der Waals surface area contributed by atoms with E-state index in [0.29, 0.717) is 63.4 Å². The second kappa shape index (κ2) is 28.3. The molecule has 2 aliphatic heterocycles. The molecule has 14 atom stereocenters. The molecule has 0 spiro atoms. The van der Waals surface area contributed by atoms with Crippen LogP contribution in [0, 0.1) is 35.5 Å². The van der Waals surface area contributed by atoms with Crippen LogP contribution in [-0.2, 0) is 56.7 Å². The van der Waals surface area contributed by atoms with Crippen LogP contribution in [-0.4, -0.2) is 140 Å². The molecule has 0 radical (unpaired) electrons. The van der Waals surface area contributed by atoms with E-state index in [1.165, 1.54) is 12.0 Å². The monoisotopic (exact) mass is 1010 g/mol. The molecule has 15 nitrogen and oxygen atoms in total. The average Bonchev–Trinajstić information content (AvgIpc) is 3.30. The van der Waals surface area contributed by atoms with Gasteiger partial charge in [0.1, 0.15) is 30.1 Å². The van der Waals surface area contributed by atoms with Gasteiger partial charge in [-0.25, -0.2) is 4.79 Å². The van der Waals surface area contributed by atoms with Crippen LogP contribution < -0.4 is 0 Å². The van der Waals surface area contributed by atoms with Crippen LogP contribution in [0.2, 0.25) is 0 Å². The van der Waals surface area contributed by atoms with Gasteiger partial charge >= 0.3 is 5.97 Å². The number of carbonyl (C=O) groups excluding carboxylic acids is 5. The minimum absolute atomic E-state index is 0.0716. The molecular formula is C54H88NO14P. The maximum Gasteiger partial charge on any atom is 0.329 e. The van der Waals surface area contributed by atoms with Crippen molar-refractivity contribution in [1.29, 1.82) is 0 Å². The summed E-state index contributed by atoms with van der Waals surface area (Å²) in [6, 6.07) is -1.16. The van der Waals surface area contributed by atoms with Gasteiger partial charge in [0.25, 0.3) is 11.7 Å². The molecule has 1 amide bonds. The third-order valence-corrected chi connectivity index (χ3v) is 15.3. The van der Waals surface area contributed by atoms with Crippen LogP contribution in [0.3, 0.4) is 0 Å². The van der Waals surface area contributed by atoms with Crippen molar-refractivity contribution in [2.75, 3.05) is 41.2 Å². The Kier molecular flexibility index (Phi) is 24.8. The third kappa shape index (κ3) is 17.5. The lowest BCUT2D eigenvalue weighted by molar-refractivity contribution is -0.265. The number of Topliss-reactive ketones (excluding diaryl/α,β-unsaturated/α-hetero) is 3. The Labute approximate surface area is 419 Å². The van der Waals surface area contributed by atoms with Gasteiger partial charge in [0, 0.05) is 71.8 Å². The molecule has 3 aliphatic rings. The summed E-state index contributed by atoms with van der Waals surface area (Å²) in [5, 5.41) is 23.2. The van der Waals surface area contributed by atoms with Crippen molar-refractivity contribution in [2.45, 2.75) is 187 Å². The first kappa shape index (κ1) is 61.2. The Morgan fingerprint density at radius 2 is 1.59 bits per heavy atom.